The van der Waals surface area contributed by atoms with Gasteiger partial charge in [-0.1, -0.05) is 13.8 Å². The quantitative estimate of drug-likeness (QED) is 0.792. The summed E-state index contributed by atoms with van der Waals surface area (Å²) in [6, 6.07) is 0.604. The molecule has 16 heavy (non-hydrogen) atoms. The molecule has 1 atom stereocenters. The van der Waals surface area contributed by atoms with Gasteiger partial charge >= 0.3 is 0 Å². The normalized spacial score (nSPS) is 13.3. The Morgan fingerprint density at radius 2 is 2.25 bits per heavy atom. The highest BCUT2D eigenvalue weighted by atomic mass is 32.2. The van der Waals surface area contributed by atoms with Crippen molar-refractivity contribution >= 4 is 11.8 Å². The standard InChI is InChI=1S/C12H23N3S/c1-10(2)16-9-12(13-3)6-5-11-7-14-15(4)8-11/h7-8,10,12-13H,5-6,9H2,1-4H3. The molecule has 0 bridgehead atoms. The number of aromatic nitrogens is 2. The van der Waals surface area contributed by atoms with Crippen molar-refractivity contribution < 1.29 is 0 Å². The van der Waals surface area contributed by atoms with Crippen LogP contribution in [0.2, 0.25) is 0 Å². The molecule has 1 unspecified atom stereocenters. The lowest BCUT2D eigenvalue weighted by Gasteiger charge is -2.16. The van der Waals surface area contributed by atoms with Gasteiger partial charge in [0.25, 0.3) is 0 Å². The summed E-state index contributed by atoms with van der Waals surface area (Å²) in [4.78, 5) is 0. The third-order valence-corrected chi connectivity index (χ3v) is 3.84. The zero-order valence-electron chi connectivity index (χ0n) is 10.7. The van der Waals surface area contributed by atoms with Crippen LogP contribution in [0, 0.1) is 0 Å². The highest BCUT2D eigenvalue weighted by Crippen LogP contribution is 2.13. The van der Waals surface area contributed by atoms with Crippen molar-refractivity contribution in [3.63, 3.8) is 0 Å². The largest absolute Gasteiger partial charge is 0.316 e. The number of rotatable bonds is 7. The summed E-state index contributed by atoms with van der Waals surface area (Å²) in [5, 5.41) is 8.29. The maximum atomic E-state index is 4.19. The van der Waals surface area contributed by atoms with Crippen molar-refractivity contribution in [1.29, 1.82) is 0 Å². The van der Waals surface area contributed by atoms with E-state index in [1.165, 1.54) is 17.7 Å². The molecule has 0 spiro atoms. The zero-order valence-corrected chi connectivity index (χ0v) is 11.5. The molecule has 0 aliphatic rings. The van der Waals surface area contributed by atoms with E-state index in [2.05, 4.69) is 37.5 Å². The molecule has 0 aliphatic carbocycles. The smallest absolute Gasteiger partial charge is 0.0521 e. The fraction of sp³-hybridized carbons (Fsp3) is 0.750. The Kier molecular flexibility index (Phi) is 5.91. The van der Waals surface area contributed by atoms with E-state index in [0.717, 1.165) is 6.42 Å². The number of nitrogens with zero attached hydrogens (tertiary/aromatic N) is 2. The van der Waals surface area contributed by atoms with Crippen LogP contribution >= 0.6 is 11.8 Å². The lowest BCUT2D eigenvalue weighted by atomic mass is 10.1. The molecule has 1 aromatic rings. The van der Waals surface area contributed by atoms with Gasteiger partial charge in [-0.25, -0.2) is 0 Å². The molecule has 0 aliphatic heterocycles. The number of nitrogens with one attached hydrogen (secondary N) is 1. The van der Waals surface area contributed by atoms with Crippen LogP contribution in [0.5, 0.6) is 0 Å². The van der Waals surface area contributed by atoms with Crippen LogP contribution in [0.4, 0.5) is 0 Å². The van der Waals surface area contributed by atoms with Gasteiger partial charge in [0.15, 0.2) is 0 Å². The fourth-order valence-electron chi connectivity index (χ4n) is 1.56. The highest BCUT2D eigenvalue weighted by molar-refractivity contribution is 7.99. The van der Waals surface area contributed by atoms with Gasteiger partial charge in [-0.2, -0.15) is 16.9 Å². The fourth-order valence-corrected chi connectivity index (χ4v) is 2.51. The average molecular weight is 241 g/mol. The van der Waals surface area contributed by atoms with E-state index in [4.69, 9.17) is 0 Å². The van der Waals surface area contributed by atoms with E-state index >= 15 is 0 Å². The molecule has 3 nitrogen and oxygen atoms in total. The molecule has 1 heterocycles. The van der Waals surface area contributed by atoms with Gasteiger partial charge in [-0.15, -0.1) is 0 Å². The SMILES string of the molecule is CNC(CCc1cnn(C)c1)CSC(C)C. The Hall–Kier alpha value is -0.480. The van der Waals surface area contributed by atoms with Crippen LogP contribution in [-0.2, 0) is 13.5 Å². The summed E-state index contributed by atoms with van der Waals surface area (Å²) in [7, 11) is 4.02. The Morgan fingerprint density at radius 1 is 1.50 bits per heavy atom. The second-order valence-electron chi connectivity index (χ2n) is 4.43. The minimum atomic E-state index is 0.604. The van der Waals surface area contributed by atoms with E-state index < -0.39 is 0 Å². The first-order valence-corrected chi connectivity index (χ1v) is 6.93. The van der Waals surface area contributed by atoms with Gasteiger partial charge in [0, 0.05) is 25.0 Å². The van der Waals surface area contributed by atoms with Crippen LogP contribution in [0.15, 0.2) is 12.4 Å². The van der Waals surface area contributed by atoms with Crippen LogP contribution in [0.25, 0.3) is 0 Å². The second-order valence-corrected chi connectivity index (χ2v) is 6.04. The summed E-state index contributed by atoms with van der Waals surface area (Å²) in [5.74, 6) is 1.19. The van der Waals surface area contributed by atoms with E-state index in [9.17, 15) is 0 Å². The van der Waals surface area contributed by atoms with Crippen LogP contribution in [0.1, 0.15) is 25.8 Å². The topological polar surface area (TPSA) is 29.9 Å². The Labute approximate surface area is 103 Å². The summed E-state index contributed by atoms with van der Waals surface area (Å²) in [6.07, 6.45) is 6.35. The first-order valence-electron chi connectivity index (χ1n) is 5.88. The molecule has 0 saturated heterocycles. The molecule has 4 heteroatoms. The predicted molar refractivity (Wildman–Crippen MR) is 72.0 cm³/mol. The first-order chi connectivity index (χ1) is 7.61. The van der Waals surface area contributed by atoms with Crippen LogP contribution in [0.3, 0.4) is 0 Å². The van der Waals surface area contributed by atoms with E-state index in [1.54, 1.807) is 0 Å². The van der Waals surface area contributed by atoms with Gasteiger partial charge in [0.05, 0.1) is 6.20 Å². The molecule has 0 fully saturated rings. The Balaban J connectivity index is 2.28. The summed E-state index contributed by atoms with van der Waals surface area (Å²) < 4.78 is 1.87. The number of aryl methyl sites for hydroxylation is 2. The van der Waals surface area contributed by atoms with Gasteiger partial charge in [-0.05, 0) is 30.7 Å². The van der Waals surface area contributed by atoms with Crippen molar-refractivity contribution in [3.05, 3.63) is 18.0 Å². The molecule has 1 N–H and O–H groups in total. The maximum Gasteiger partial charge on any atom is 0.0521 e. The minimum Gasteiger partial charge on any atom is -0.316 e. The molecule has 0 aromatic carbocycles. The predicted octanol–water partition coefficient (Wildman–Crippen LogP) is 2.08. The van der Waals surface area contributed by atoms with Gasteiger partial charge < -0.3 is 5.32 Å². The Morgan fingerprint density at radius 3 is 2.75 bits per heavy atom. The zero-order chi connectivity index (χ0) is 12.0. The lowest BCUT2D eigenvalue weighted by Crippen LogP contribution is -2.28. The van der Waals surface area contributed by atoms with Crippen LogP contribution in [-0.4, -0.2) is 33.9 Å². The second kappa shape index (κ2) is 6.97. The highest BCUT2D eigenvalue weighted by Gasteiger charge is 2.08. The molecule has 1 rings (SSSR count). The first kappa shape index (κ1) is 13.6. The molecule has 1 aromatic heterocycles. The summed E-state index contributed by atoms with van der Waals surface area (Å²) in [6.45, 7) is 4.50. The molecule has 0 saturated carbocycles. The third kappa shape index (κ3) is 5.03. The summed E-state index contributed by atoms with van der Waals surface area (Å²) >= 11 is 2.02. The summed E-state index contributed by atoms with van der Waals surface area (Å²) in [5.41, 5.74) is 1.33. The van der Waals surface area contributed by atoms with Crippen molar-refractivity contribution in [1.82, 2.24) is 15.1 Å². The molecular formula is C12H23N3S. The van der Waals surface area contributed by atoms with E-state index in [1.807, 2.05) is 29.7 Å². The van der Waals surface area contributed by atoms with Crippen LogP contribution < -0.4 is 5.32 Å². The van der Waals surface area contributed by atoms with E-state index in [0.29, 0.717) is 11.3 Å². The minimum absolute atomic E-state index is 0.604. The number of hydrogen-bond donors (Lipinski definition) is 1. The monoisotopic (exact) mass is 241 g/mol. The van der Waals surface area contributed by atoms with Crippen molar-refractivity contribution in [2.45, 2.75) is 38.0 Å². The van der Waals surface area contributed by atoms with Crippen molar-refractivity contribution in [3.8, 4) is 0 Å². The van der Waals surface area contributed by atoms with Crippen molar-refractivity contribution in [2.24, 2.45) is 7.05 Å². The lowest BCUT2D eigenvalue weighted by molar-refractivity contribution is 0.572. The number of hydrogen-bond acceptors (Lipinski definition) is 3. The van der Waals surface area contributed by atoms with Gasteiger partial charge in [0.2, 0.25) is 0 Å². The maximum absolute atomic E-state index is 4.19. The molecule has 92 valence electrons. The number of thioether (sulfide) groups is 1. The van der Waals surface area contributed by atoms with Gasteiger partial charge in [-0.3, -0.25) is 4.68 Å². The molecular weight excluding hydrogens is 218 g/mol. The third-order valence-electron chi connectivity index (χ3n) is 2.58. The van der Waals surface area contributed by atoms with E-state index in [-0.39, 0.29) is 0 Å². The Bertz CT molecular complexity index is 296. The molecule has 0 amide bonds. The molecule has 0 radical (unpaired) electrons. The van der Waals surface area contributed by atoms with Gasteiger partial charge in [0.1, 0.15) is 0 Å². The van der Waals surface area contributed by atoms with Crippen molar-refractivity contribution in [2.75, 3.05) is 12.8 Å². The average Bonchev–Trinajstić information content (AvgIpc) is 2.64.